The molecule has 19 heavy (non-hydrogen) atoms. The van der Waals surface area contributed by atoms with E-state index >= 15 is 0 Å². The first-order valence-corrected chi connectivity index (χ1v) is 6.17. The van der Waals surface area contributed by atoms with E-state index in [-0.39, 0.29) is 17.9 Å². The van der Waals surface area contributed by atoms with Gasteiger partial charge in [-0.3, -0.25) is 4.79 Å². The van der Waals surface area contributed by atoms with E-state index in [4.69, 9.17) is 4.74 Å². The highest BCUT2D eigenvalue weighted by atomic mass is 16.5. The Labute approximate surface area is 112 Å². The lowest BCUT2D eigenvalue weighted by Crippen LogP contribution is -2.23. The second-order valence-electron chi connectivity index (χ2n) is 4.49. The number of hydrogen-bond acceptors (Lipinski definition) is 5. The summed E-state index contributed by atoms with van der Waals surface area (Å²) >= 11 is 0. The van der Waals surface area contributed by atoms with Crippen molar-refractivity contribution in [1.82, 2.24) is 0 Å². The van der Waals surface area contributed by atoms with Crippen LogP contribution in [0.3, 0.4) is 0 Å². The van der Waals surface area contributed by atoms with Gasteiger partial charge in [0.2, 0.25) is 0 Å². The zero-order chi connectivity index (χ0) is 13.8. The van der Waals surface area contributed by atoms with Crippen LogP contribution in [0.5, 0.6) is 0 Å². The topological polar surface area (TPSA) is 55.8 Å². The van der Waals surface area contributed by atoms with Crippen LogP contribution in [0.1, 0.15) is 16.8 Å². The molecule has 102 valence electrons. The summed E-state index contributed by atoms with van der Waals surface area (Å²) in [5.41, 5.74) is 1.52. The smallest absolute Gasteiger partial charge is 0.337 e. The van der Waals surface area contributed by atoms with Crippen molar-refractivity contribution in [3.05, 3.63) is 29.8 Å². The Bertz CT molecular complexity index is 469. The van der Waals surface area contributed by atoms with Crippen molar-refractivity contribution in [2.24, 2.45) is 5.92 Å². The highest BCUT2D eigenvalue weighted by Crippen LogP contribution is 2.24. The van der Waals surface area contributed by atoms with E-state index in [1.54, 1.807) is 12.1 Å². The maximum absolute atomic E-state index is 11.5. The quantitative estimate of drug-likeness (QED) is 0.773. The number of benzene rings is 1. The van der Waals surface area contributed by atoms with Gasteiger partial charge in [-0.05, 0) is 30.7 Å². The summed E-state index contributed by atoms with van der Waals surface area (Å²) in [7, 11) is 2.77. The average Bonchev–Trinajstić information content (AvgIpc) is 2.95. The summed E-state index contributed by atoms with van der Waals surface area (Å²) < 4.78 is 9.41. The van der Waals surface area contributed by atoms with Crippen LogP contribution in [0, 0.1) is 5.92 Å². The zero-order valence-electron chi connectivity index (χ0n) is 11.1. The number of nitrogens with zero attached hydrogens (tertiary/aromatic N) is 1. The first-order chi connectivity index (χ1) is 9.15. The van der Waals surface area contributed by atoms with Crippen molar-refractivity contribution in [1.29, 1.82) is 0 Å². The normalized spacial score (nSPS) is 18.2. The van der Waals surface area contributed by atoms with Crippen LogP contribution in [0.4, 0.5) is 5.69 Å². The molecule has 5 nitrogen and oxygen atoms in total. The van der Waals surface area contributed by atoms with Crippen LogP contribution >= 0.6 is 0 Å². The molecule has 2 rings (SSSR count). The molecule has 1 aliphatic heterocycles. The molecule has 0 aromatic heterocycles. The lowest BCUT2D eigenvalue weighted by atomic mass is 10.1. The molecule has 0 amide bonds. The van der Waals surface area contributed by atoms with Gasteiger partial charge in [0.05, 0.1) is 25.7 Å². The second kappa shape index (κ2) is 5.73. The molecule has 0 spiro atoms. The Kier molecular flexibility index (Phi) is 4.04. The number of rotatable bonds is 3. The number of carbonyl (C=O) groups excluding carboxylic acids is 2. The van der Waals surface area contributed by atoms with Gasteiger partial charge in [0.15, 0.2) is 0 Å². The van der Waals surface area contributed by atoms with Crippen LogP contribution in [0.2, 0.25) is 0 Å². The molecule has 0 N–H and O–H groups in total. The molecule has 1 aliphatic rings. The molecule has 1 unspecified atom stereocenters. The minimum Gasteiger partial charge on any atom is -0.469 e. The Morgan fingerprint density at radius 2 is 1.84 bits per heavy atom. The lowest BCUT2D eigenvalue weighted by molar-refractivity contribution is -0.144. The van der Waals surface area contributed by atoms with Gasteiger partial charge < -0.3 is 14.4 Å². The standard InChI is InChI=1S/C14H17NO4/c1-18-13(16)10-3-5-12(6-4-10)15-8-7-11(9-15)14(17)19-2/h3-6,11H,7-9H2,1-2H3. The average molecular weight is 263 g/mol. The van der Waals surface area contributed by atoms with Gasteiger partial charge in [-0.15, -0.1) is 0 Å². The third kappa shape index (κ3) is 2.86. The van der Waals surface area contributed by atoms with Gasteiger partial charge in [-0.2, -0.15) is 0 Å². The Balaban J connectivity index is 2.04. The maximum Gasteiger partial charge on any atom is 0.337 e. The fraction of sp³-hybridized carbons (Fsp3) is 0.429. The number of esters is 2. The molecule has 1 heterocycles. The minimum atomic E-state index is -0.347. The van der Waals surface area contributed by atoms with Crippen LogP contribution in [-0.4, -0.2) is 39.2 Å². The predicted molar refractivity (Wildman–Crippen MR) is 70.1 cm³/mol. The van der Waals surface area contributed by atoms with Gasteiger partial charge in [0.25, 0.3) is 0 Å². The molecule has 1 aromatic rings. The van der Waals surface area contributed by atoms with E-state index < -0.39 is 0 Å². The number of carbonyl (C=O) groups is 2. The van der Waals surface area contributed by atoms with Crippen LogP contribution in [0.25, 0.3) is 0 Å². The summed E-state index contributed by atoms with van der Waals surface area (Å²) in [5.74, 6) is -0.570. The lowest BCUT2D eigenvalue weighted by Gasteiger charge is -2.18. The third-order valence-corrected chi connectivity index (χ3v) is 3.38. The van der Waals surface area contributed by atoms with Gasteiger partial charge in [-0.25, -0.2) is 4.79 Å². The Morgan fingerprint density at radius 3 is 2.42 bits per heavy atom. The Hall–Kier alpha value is -2.04. The molecular weight excluding hydrogens is 246 g/mol. The van der Waals surface area contributed by atoms with E-state index in [1.165, 1.54) is 14.2 Å². The summed E-state index contributed by atoms with van der Waals surface area (Å²) in [4.78, 5) is 24.9. The van der Waals surface area contributed by atoms with Crippen LogP contribution in [0.15, 0.2) is 24.3 Å². The summed E-state index contributed by atoms with van der Waals surface area (Å²) in [6.07, 6.45) is 0.797. The van der Waals surface area contributed by atoms with Crippen molar-refractivity contribution in [2.45, 2.75) is 6.42 Å². The van der Waals surface area contributed by atoms with Gasteiger partial charge in [-0.1, -0.05) is 0 Å². The second-order valence-corrected chi connectivity index (χ2v) is 4.49. The zero-order valence-corrected chi connectivity index (χ0v) is 11.1. The van der Waals surface area contributed by atoms with Crippen molar-refractivity contribution < 1.29 is 19.1 Å². The first kappa shape index (κ1) is 13.4. The number of methoxy groups -OCH3 is 2. The van der Waals surface area contributed by atoms with Crippen LogP contribution in [-0.2, 0) is 14.3 Å². The molecule has 0 bridgehead atoms. The minimum absolute atomic E-state index is 0.0646. The third-order valence-electron chi connectivity index (χ3n) is 3.38. The fourth-order valence-corrected chi connectivity index (χ4v) is 2.28. The van der Waals surface area contributed by atoms with Gasteiger partial charge in [0, 0.05) is 18.8 Å². The maximum atomic E-state index is 11.5. The van der Waals surface area contributed by atoms with Gasteiger partial charge >= 0.3 is 11.9 Å². The van der Waals surface area contributed by atoms with Crippen LogP contribution < -0.4 is 4.90 Å². The monoisotopic (exact) mass is 263 g/mol. The number of hydrogen-bond donors (Lipinski definition) is 0. The predicted octanol–water partition coefficient (Wildman–Crippen LogP) is 1.47. The molecule has 1 atom stereocenters. The molecule has 1 fully saturated rings. The van der Waals surface area contributed by atoms with E-state index in [9.17, 15) is 9.59 Å². The molecule has 5 heteroatoms. The van der Waals surface area contributed by atoms with Gasteiger partial charge in [0.1, 0.15) is 0 Å². The summed E-state index contributed by atoms with van der Waals surface area (Å²) in [6, 6.07) is 7.19. The fourth-order valence-electron chi connectivity index (χ4n) is 2.28. The number of anilines is 1. The molecule has 0 radical (unpaired) electrons. The van der Waals surface area contributed by atoms with E-state index in [0.717, 1.165) is 18.7 Å². The highest BCUT2D eigenvalue weighted by molar-refractivity contribution is 5.89. The van der Waals surface area contributed by atoms with Crippen molar-refractivity contribution in [3.8, 4) is 0 Å². The van der Waals surface area contributed by atoms with E-state index in [1.807, 2.05) is 12.1 Å². The molecule has 1 aromatic carbocycles. The van der Waals surface area contributed by atoms with Crippen molar-refractivity contribution in [2.75, 3.05) is 32.2 Å². The summed E-state index contributed by atoms with van der Waals surface area (Å²) in [5, 5.41) is 0. The highest BCUT2D eigenvalue weighted by Gasteiger charge is 2.29. The SMILES string of the molecule is COC(=O)c1ccc(N2CCC(C(=O)OC)C2)cc1. The largest absolute Gasteiger partial charge is 0.469 e. The summed E-state index contributed by atoms with van der Waals surface area (Å²) in [6.45, 7) is 1.47. The first-order valence-electron chi connectivity index (χ1n) is 6.17. The van der Waals surface area contributed by atoms with E-state index in [0.29, 0.717) is 12.1 Å². The van der Waals surface area contributed by atoms with Crippen molar-refractivity contribution in [3.63, 3.8) is 0 Å². The molecular formula is C14H17NO4. The van der Waals surface area contributed by atoms with E-state index in [2.05, 4.69) is 9.64 Å². The number of ether oxygens (including phenoxy) is 2. The molecule has 0 saturated carbocycles. The molecule has 0 aliphatic carbocycles. The molecule has 1 saturated heterocycles. The Morgan fingerprint density at radius 1 is 1.16 bits per heavy atom. The van der Waals surface area contributed by atoms with Crippen molar-refractivity contribution >= 4 is 17.6 Å².